The first kappa shape index (κ1) is 21.7. The Labute approximate surface area is 193 Å². The molecule has 0 radical (unpaired) electrons. The van der Waals surface area contributed by atoms with E-state index in [1.165, 1.54) is 0 Å². The molecule has 0 bridgehead atoms. The number of aryl methyl sites for hydroxylation is 1. The van der Waals surface area contributed by atoms with Gasteiger partial charge in [0.15, 0.2) is 0 Å². The number of hydrogen-bond acceptors (Lipinski definition) is 2. The van der Waals surface area contributed by atoms with E-state index in [0.717, 1.165) is 16.8 Å². The summed E-state index contributed by atoms with van der Waals surface area (Å²) in [6.45, 7) is 5.94. The molecule has 1 aromatic heterocycles. The zero-order valence-corrected chi connectivity index (χ0v) is 19.1. The predicted molar refractivity (Wildman–Crippen MR) is 127 cm³/mol. The van der Waals surface area contributed by atoms with E-state index in [9.17, 15) is 4.79 Å². The number of benzene rings is 2. The minimum atomic E-state index is -0.590. The van der Waals surface area contributed by atoms with Crippen LogP contribution in [0, 0.1) is 5.41 Å². The van der Waals surface area contributed by atoms with Crippen molar-refractivity contribution in [2.45, 2.75) is 31.7 Å². The highest BCUT2D eigenvalue weighted by Crippen LogP contribution is 2.52. The molecule has 4 nitrogen and oxygen atoms in total. The lowest BCUT2D eigenvalue weighted by Crippen LogP contribution is -2.52. The minimum absolute atomic E-state index is 0.0303. The molecule has 4 rings (SSSR count). The first-order chi connectivity index (χ1) is 14.8. The Kier molecular flexibility index (Phi) is 5.96. The quantitative estimate of drug-likeness (QED) is 0.409. The summed E-state index contributed by atoms with van der Waals surface area (Å²) in [5, 5.41) is 5.68. The third kappa shape index (κ3) is 4.15. The van der Waals surface area contributed by atoms with E-state index in [1.54, 1.807) is 10.9 Å². The Morgan fingerprint density at radius 1 is 1.16 bits per heavy atom. The van der Waals surface area contributed by atoms with Crippen molar-refractivity contribution in [2.24, 2.45) is 12.5 Å². The van der Waals surface area contributed by atoms with Crippen molar-refractivity contribution >= 4 is 34.8 Å². The van der Waals surface area contributed by atoms with E-state index in [4.69, 9.17) is 23.2 Å². The number of hydrogen-bond donors (Lipinski definition) is 0. The number of carbonyl (C=O) groups excluding carboxylic acids is 1. The van der Waals surface area contributed by atoms with Crippen LogP contribution in [-0.4, -0.2) is 15.7 Å². The molecule has 1 saturated heterocycles. The smallest absolute Gasteiger partial charge is 0.233 e. The monoisotopic (exact) mass is 453 g/mol. The zero-order chi connectivity index (χ0) is 22.2. The van der Waals surface area contributed by atoms with E-state index in [1.807, 2.05) is 73.6 Å². The molecule has 3 atom stereocenters. The Hall–Kier alpha value is -2.56. The molecule has 0 spiro atoms. The van der Waals surface area contributed by atoms with Gasteiger partial charge in [0, 0.05) is 29.2 Å². The Morgan fingerprint density at radius 3 is 2.52 bits per heavy atom. The summed E-state index contributed by atoms with van der Waals surface area (Å²) in [4.78, 5) is 15.8. The number of allylic oxidation sites excluding steroid dienone is 1. The fraction of sp³-hybridized carbons (Fsp3) is 0.280. The summed E-state index contributed by atoms with van der Waals surface area (Å²) >= 11 is 12.5. The topological polar surface area (TPSA) is 38.1 Å². The van der Waals surface area contributed by atoms with Crippen LogP contribution in [0.3, 0.4) is 0 Å². The van der Waals surface area contributed by atoms with Gasteiger partial charge in [-0.15, -0.1) is 6.58 Å². The maximum atomic E-state index is 13.9. The average Bonchev–Trinajstić information content (AvgIpc) is 3.16. The maximum absolute atomic E-state index is 13.9. The number of rotatable bonds is 5. The van der Waals surface area contributed by atoms with Gasteiger partial charge in [-0.05, 0) is 48.2 Å². The van der Waals surface area contributed by atoms with Crippen molar-refractivity contribution in [3.8, 4) is 0 Å². The molecule has 2 aromatic carbocycles. The third-order valence-electron chi connectivity index (χ3n) is 6.12. The van der Waals surface area contributed by atoms with Crippen LogP contribution in [0.5, 0.6) is 0 Å². The summed E-state index contributed by atoms with van der Waals surface area (Å²) < 4.78 is 1.72. The molecule has 2 heterocycles. The molecule has 0 N–H and O–H groups in total. The highest BCUT2D eigenvalue weighted by molar-refractivity contribution is 6.30. The van der Waals surface area contributed by atoms with Crippen molar-refractivity contribution in [3.05, 3.63) is 94.8 Å². The van der Waals surface area contributed by atoms with E-state index < -0.39 is 5.41 Å². The molecule has 0 saturated carbocycles. The lowest BCUT2D eigenvalue weighted by molar-refractivity contribution is -0.131. The van der Waals surface area contributed by atoms with Crippen molar-refractivity contribution in [3.63, 3.8) is 0 Å². The number of carbonyl (C=O) groups is 1. The molecule has 160 valence electrons. The summed E-state index contributed by atoms with van der Waals surface area (Å²) in [6.07, 6.45) is 6.73. The molecule has 1 amide bonds. The van der Waals surface area contributed by atoms with Gasteiger partial charge < -0.3 is 4.90 Å². The summed E-state index contributed by atoms with van der Waals surface area (Å²) in [5.74, 6) is 0.0985. The van der Waals surface area contributed by atoms with Gasteiger partial charge in [-0.25, -0.2) is 0 Å². The third-order valence-corrected chi connectivity index (χ3v) is 6.60. The van der Waals surface area contributed by atoms with E-state index in [2.05, 4.69) is 17.7 Å². The van der Waals surface area contributed by atoms with Crippen LogP contribution in [0.2, 0.25) is 10.0 Å². The second-order valence-corrected chi connectivity index (χ2v) is 9.34. The van der Waals surface area contributed by atoms with Crippen molar-refractivity contribution in [2.75, 3.05) is 4.90 Å². The maximum Gasteiger partial charge on any atom is 0.233 e. The number of nitrogens with zero attached hydrogens (tertiary/aromatic N) is 3. The lowest BCUT2D eigenvalue weighted by atomic mass is 9.67. The lowest BCUT2D eigenvalue weighted by Gasteiger charge is -2.48. The molecule has 1 aliphatic rings. The van der Waals surface area contributed by atoms with Gasteiger partial charge in [0.25, 0.3) is 0 Å². The van der Waals surface area contributed by atoms with Crippen molar-refractivity contribution in [1.82, 2.24) is 9.78 Å². The van der Waals surface area contributed by atoms with Crippen molar-refractivity contribution in [1.29, 1.82) is 0 Å². The molecular formula is C25H25Cl2N3O. The standard InChI is InChI=1S/C25H25Cl2N3O/c1-4-12-25(2)14-22(18-6-5-7-20(27)13-18)23(17-8-10-19(26)11-9-17)30(24(25)31)21-15-28-29(3)16-21/h4-11,13,15-16,22-23H,1,12,14H2,2-3H3/t22?,23?,25-/m0/s1. The Bertz CT molecular complexity index is 1110. The van der Waals surface area contributed by atoms with Crippen LogP contribution < -0.4 is 4.90 Å². The fourth-order valence-electron chi connectivity index (χ4n) is 4.66. The van der Waals surface area contributed by atoms with Gasteiger partial charge in [0.05, 0.1) is 23.3 Å². The molecular weight excluding hydrogens is 429 g/mol. The second-order valence-electron chi connectivity index (χ2n) is 8.46. The first-order valence-corrected chi connectivity index (χ1v) is 11.0. The zero-order valence-electron chi connectivity index (χ0n) is 17.6. The van der Waals surface area contributed by atoms with Crippen LogP contribution in [0.1, 0.15) is 42.9 Å². The summed E-state index contributed by atoms with van der Waals surface area (Å²) in [7, 11) is 1.85. The molecule has 0 aliphatic carbocycles. The first-order valence-electron chi connectivity index (χ1n) is 10.3. The number of aromatic nitrogens is 2. The van der Waals surface area contributed by atoms with Gasteiger partial charge in [0.2, 0.25) is 5.91 Å². The Morgan fingerprint density at radius 2 is 1.90 bits per heavy atom. The van der Waals surface area contributed by atoms with Gasteiger partial charge in [-0.1, -0.05) is 60.5 Å². The van der Waals surface area contributed by atoms with Crippen LogP contribution in [-0.2, 0) is 11.8 Å². The van der Waals surface area contributed by atoms with E-state index in [0.29, 0.717) is 22.9 Å². The van der Waals surface area contributed by atoms with E-state index in [-0.39, 0.29) is 17.9 Å². The predicted octanol–water partition coefficient (Wildman–Crippen LogP) is 6.57. The Balaban J connectivity index is 1.93. The molecule has 2 unspecified atom stereocenters. The van der Waals surface area contributed by atoms with Gasteiger partial charge in [-0.2, -0.15) is 5.10 Å². The van der Waals surface area contributed by atoms with Crippen LogP contribution in [0.4, 0.5) is 5.69 Å². The normalized spacial score (nSPS) is 23.7. The van der Waals surface area contributed by atoms with Crippen LogP contribution in [0.15, 0.2) is 73.6 Å². The van der Waals surface area contributed by atoms with Gasteiger partial charge >= 0.3 is 0 Å². The van der Waals surface area contributed by atoms with E-state index >= 15 is 0 Å². The molecule has 6 heteroatoms. The van der Waals surface area contributed by atoms with Gasteiger partial charge in [-0.3, -0.25) is 9.48 Å². The summed E-state index contributed by atoms with van der Waals surface area (Å²) in [5.41, 5.74) is 2.30. The van der Waals surface area contributed by atoms with Crippen molar-refractivity contribution < 1.29 is 4.79 Å². The highest BCUT2D eigenvalue weighted by Gasteiger charge is 2.50. The summed E-state index contributed by atoms with van der Waals surface area (Å²) in [6, 6.07) is 15.4. The SMILES string of the molecule is C=CC[C@@]1(C)CC(c2cccc(Cl)c2)C(c2ccc(Cl)cc2)N(c2cnn(C)c2)C1=O. The molecule has 1 fully saturated rings. The van der Waals surface area contributed by atoms with Crippen LogP contribution >= 0.6 is 23.2 Å². The average molecular weight is 454 g/mol. The minimum Gasteiger partial charge on any atom is -0.301 e. The molecule has 31 heavy (non-hydrogen) atoms. The number of anilines is 1. The van der Waals surface area contributed by atoms with Gasteiger partial charge in [0.1, 0.15) is 0 Å². The number of piperidine rings is 1. The number of halogens is 2. The highest BCUT2D eigenvalue weighted by atomic mass is 35.5. The fourth-order valence-corrected chi connectivity index (χ4v) is 4.98. The number of amides is 1. The van der Waals surface area contributed by atoms with Crippen LogP contribution in [0.25, 0.3) is 0 Å². The molecule has 3 aromatic rings. The second kappa shape index (κ2) is 8.52. The largest absolute Gasteiger partial charge is 0.301 e. The molecule has 1 aliphatic heterocycles.